The van der Waals surface area contributed by atoms with Gasteiger partial charge in [0.1, 0.15) is 5.54 Å². The third-order valence-electron chi connectivity index (χ3n) is 2.99. The Labute approximate surface area is 105 Å². The van der Waals surface area contributed by atoms with Crippen molar-refractivity contribution >= 4 is 17.7 Å². The van der Waals surface area contributed by atoms with Gasteiger partial charge in [-0.05, 0) is 18.1 Å². The van der Waals surface area contributed by atoms with Crippen molar-refractivity contribution in [3.05, 3.63) is 42.5 Å². The summed E-state index contributed by atoms with van der Waals surface area (Å²) in [5.74, 6) is 0.0000822. The van der Waals surface area contributed by atoms with Crippen molar-refractivity contribution in [2.24, 2.45) is 0 Å². The minimum atomic E-state index is -0.962. The molecule has 90 valence electrons. The molecule has 0 spiro atoms. The standard InChI is InChI=1S/C13H15NO2S/c1-2-8-14-13(12(15)16)7-9-17-11-6-4-3-5-10(11)13/h2-6,14H,1,7-9H2,(H,15,16). The molecule has 1 aromatic carbocycles. The smallest absolute Gasteiger partial charge is 0.328 e. The Bertz CT molecular complexity index is 447. The molecule has 1 aromatic rings. The highest BCUT2D eigenvalue weighted by Crippen LogP contribution is 2.40. The molecule has 1 aliphatic heterocycles. The summed E-state index contributed by atoms with van der Waals surface area (Å²) in [4.78, 5) is 12.7. The minimum absolute atomic E-state index is 0.491. The Morgan fingerprint density at radius 1 is 1.59 bits per heavy atom. The molecule has 0 saturated heterocycles. The van der Waals surface area contributed by atoms with Crippen LogP contribution in [0.2, 0.25) is 0 Å². The molecule has 1 atom stereocenters. The lowest BCUT2D eigenvalue weighted by Crippen LogP contribution is -2.51. The van der Waals surface area contributed by atoms with E-state index < -0.39 is 11.5 Å². The lowest BCUT2D eigenvalue weighted by atomic mass is 9.86. The van der Waals surface area contributed by atoms with Gasteiger partial charge < -0.3 is 5.11 Å². The third kappa shape index (κ3) is 2.10. The third-order valence-corrected chi connectivity index (χ3v) is 4.07. The van der Waals surface area contributed by atoms with Crippen molar-refractivity contribution in [1.82, 2.24) is 5.32 Å². The summed E-state index contributed by atoms with van der Waals surface area (Å²) in [5.41, 5.74) is -0.0960. The Balaban J connectivity index is 2.47. The van der Waals surface area contributed by atoms with E-state index in [4.69, 9.17) is 0 Å². The monoisotopic (exact) mass is 249 g/mol. The number of nitrogens with one attached hydrogen (secondary N) is 1. The molecule has 0 amide bonds. The Hall–Kier alpha value is -1.26. The van der Waals surface area contributed by atoms with Crippen molar-refractivity contribution in [2.75, 3.05) is 12.3 Å². The highest BCUT2D eigenvalue weighted by Gasteiger charge is 2.43. The second-order valence-corrected chi connectivity index (χ2v) is 5.11. The summed E-state index contributed by atoms with van der Waals surface area (Å²) in [5, 5.41) is 12.7. The van der Waals surface area contributed by atoms with Crippen LogP contribution in [0.3, 0.4) is 0 Å². The van der Waals surface area contributed by atoms with Crippen LogP contribution in [0.5, 0.6) is 0 Å². The molecule has 0 aromatic heterocycles. The van der Waals surface area contributed by atoms with Gasteiger partial charge in [-0.25, -0.2) is 4.79 Å². The highest BCUT2D eigenvalue weighted by molar-refractivity contribution is 7.99. The predicted molar refractivity (Wildman–Crippen MR) is 69.3 cm³/mol. The van der Waals surface area contributed by atoms with Gasteiger partial charge in [0.15, 0.2) is 0 Å². The average Bonchev–Trinajstić information content (AvgIpc) is 2.36. The van der Waals surface area contributed by atoms with E-state index in [1.165, 1.54) is 0 Å². The van der Waals surface area contributed by atoms with Crippen molar-refractivity contribution < 1.29 is 9.90 Å². The molecule has 4 heteroatoms. The van der Waals surface area contributed by atoms with Gasteiger partial charge in [-0.1, -0.05) is 24.3 Å². The average molecular weight is 249 g/mol. The molecule has 0 fully saturated rings. The van der Waals surface area contributed by atoms with Crippen LogP contribution in [0.4, 0.5) is 0 Å². The fraction of sp³-hybridized carbons (Fsp3) is 0.308. The molecule has 0 bridgehead atoms. The highest BCUT2D eigenvalue weighted by atomic mass is 32.2. The van der Waals surface area contributed by atoms with Crippen LogP contribution in [0.25, 0.3) is 0 Å². The number of benzene rings is 1. The Morgan fingerprint density at radius 2 is 2.35 bits per heavy atom. The normalized spacial score (nSPS) is 22.8. The Morgan fingerprint density at radius 3 is 3.06 bits per heavy atom. The first-order chi connectivity index (χ1) is 8.20. The van der Waals surface area contributed by atoms with Crippen LogP contribution in [0.15, 0.2) is 41.8 Å². The lowest BCUT2D eigenvalue weighted by molar-refractivity contribution is -0.145. The van der Waals surface area contributed by atoms with Crippen molar-refractivity contribution in [1.29, 1.82) is 0 Å². The van der Waals surface area contributed by atoms with Gasteiger partial charge in [0, 0.05) is 17.2 Å². The van der Waals surface area contributed by atoms with E-state index >= 15 is 0 Å². The summed E-state index contributed by atoms with van der Waals surface area (Å²) in [7, 11) is 0. The van der Waals surface area contributed by atoms with E-state index in [0.717, 1.165) is 16.2 Å². The topological polar surface area (TPSA) is 49.3 Å². The van der Waals surface area contributed by atoms with E-state index in [-0.39, 0.29) is 0 Å². The zero-order valence-electron chi connectivity index (χ0n) is 9.48. The number of hydrogen-bond acceptors (Lipinski definition) is 3. The molecule has 0 aliphatic carbocycles. The summed E-state index contributed by atoms with van der Waals surface area (Å²) < 4.78 is 0. The number of carbonyl (C=O) groups is 1. The van der Waals surface area contributed by atoms with Crippen LogP contribution in [-0.2, 0) is 10.3 Å². The van der Waals surface area contributed by atoms with Crippen LogP contribution in [0, 0.1) is 0 Å². The first kappa shape index (κ1) is 12.2. The molecule has 0 saturated carbocycles. The summed E-state index contributed by atoms with van der Waals surface area (Å²) >= 11 is 1.71. The molecule has 1 aliphatic rings. The fourth-order valence-corrected chi connectivity index (χ4v) is 3.32. The van der Waals surface area contributed by atoms with Gasteiger partial charge in [-0.2, -0.15) is 0 Å². The number of hydrogen-bond donors (Lipinski definition) is 2. The number of carboxylic acid groups (broad SMARTS) is 1. The van der Waals surface area contributed by atoms with Gasteiger partial charge in [0.05, 0.1) is 0 Å². The van der Waals surface area contributed by atoms with Gasteiger partial charge in [0.2, 0.25) is 0 Å². The summed E-state index contributed by atoms with van der Waals surface area (Å²) in [6.45, 7) is 4.12. The number of rotatable bonds is 4. The molecular weight excluding hydrogens is 234 g/mol. The molecule has 3 nitrogen and oxygen atoms in total. The maximum Gasteiger partial charge on any atom is 0.328 e. The van der Waals surface area contributed by atoms with Crippen LogP contribution >= 0.6 is 11.8 Å². The van der Waals surface area contributed by atoms with Gasteiger partial charge in [-0.15, -0.1) is 18.3 Å². The van der Waals surface area contributed by atoms with Crippen LogP contribution < -0.4 is 5.32 Å². The van der Waals surface area contributed by atoms with Gasteiger partial charge in [0.25, 0.3) is 0 Å². The number of thioether (sulfide) groups is 1. The maximum absolute atomic E-state index is 11.6. The number of aliphatic carboxylic acids is 1. The van der Waals surface area contributed by atoms with Crippen molar-refractivity contribution in [3.8, 4) is 0 Å². The van der Waals surface area contributed by atoms with Gasteiger partial charge >= 0.3 is 5.97 Å². The summed E-state index contributed by atoms with van der Waals surface area (Å²) in [6.07, 6.45) is 2.28. The molecule has 0 radical (unpaired) electrons. The fourth-order valence-electron chi connectivity index (χ4n) is 2.12. The molecule has 1 heterocycles. The summed E-state index contributed by atoms with van der Waals surface area (Å²) in [6, 6.07) is 7.70. The van der Waals surface area contributed by atoms with E-state index in [9.17, 15) is 9.90 Å². The zero-order valence-corrected chi connectivity index (χ0v) is 10.3. The number of carboxylic acids is 1. The second kappa shape index (κ2) is 4.94. The SMILES string of the molecule is C=CCNC1(C(=O)O)CCSc2ccccc21. The zero-order chi connectivity index (χ0) is 12.3. The maximum atomic E-state index is 11.6. The van der Waals surface area contributed by atoms with Crippen molar-refractivity contribution in [2.45, 2.75) is 16.9 Å². The quantitative estimate of drug-likeness (QED) is 0.803. The van der Waals surface area contributed by atoms with E-state index in [1.54, 1.807) is 17.8 Å². The minimum Gasteiger partial charge on any atom is -0.480 e. The Kier molecular flexibility index (Phi) is 3.54. The van der Waals surface area contributed by atoms with Crippen LogP contribution in [0.1, 0.15) is 12.0 Å². The predicted octanol–water partition coefficient (Wildman–Crippen LogP) is 2.24. The number of fused-ring (bicyclic) bond motifs is 1. The molecule has 17 heavy (non-hydrogen) atoms. The van der Waals surface area contributed by atoms with Gasteiger partial charge in [-0.3, -0.25) is 5.32 Å². The van der Waals surface area contributed by atoms with Crippen molar-refractivity contribution in [3.63, 3.8) is 0 Å². The van der Waals surface area contributed by atoms with Crippen LogP contribution in [-0.4, -0.2) is 23.4 Å². The largest absolute Gasteiger partial charge is 0.480 e. The molecule has 2 rings (SSSR count). The second-order valence-electron chi connectivity index (χ2n) is 3.97. The lowest BCUT2D eigenvalue weighted by Gasteiger charge is -2.35. The first-order valence-corrected chi connectivity index (χ1v) is 6.51. The van der Waals surface area contributed by atoms with E-state index in [1.807, 2.05) is 24.3 Å². The van der Waals surface area contributed by atoms with E-state index in [0.29, 0.717) is 13.0 Å². The molecular formula is C13H15NO2S. The molecule has 2 N–H and O–H groups in total. The first-order valence-electron chi connectivity index (χ1n) is 5.52. The van der Waals surface area contributed by atoms with E-state index in [2.05, 4.69) is 11.9 Å². The molecule has 1 unspecified atom stereocenters.